The molecule has 1 aliphatic heterocycles. The molecule has 1 heterocycles. The van der Waals surface area contributed by atoms with Gasteiger partial charge >= 0.3 is 11.9 Å². The summed E-state index contributed by atoms with van der Waals surface area (Å²) in [5.41, 5.74) is 0. The van der Waals surface area contributed by atoms with Crippen LogP contribution in [-0.2, 0) is 38.7 Å². The maximum Gasteiger partial charge on any atom is 0.306 e. The predicted octanol–water partition coefficient (Wildman–Crippen LogP) is 1.87. The number of carbonyl (C=O) groups is 2. The molecule has 1 fully saturated rings. The van der Waals surface area contributed by atoms with Gasteiger partial charge in [0.15, 0.2) is 12.4 Å². The molecule has 0 aromatic rings. The van der Waals surface area contributed by atoms with Crippen molar-refractivity contribution in [3.05, 3.63) is 0 Å². The summed E-state index contributed by atoms with van der Waals surface area (Å²) in [6.07, 6.45) is 0.247. The van der Waals surface area contributed by atoms with E-state index in [1.165, 1.54) is 0 Å². The average molecular weight is 571 g/mol. The third-order valence-corrected chi connectivity index (χ3v) is 6.94. The molecule has 38 heavy (non-hydrogen) atoms. The number of aliphatic hydroxyl groups excluding tert-OH is 3. The molecular weight excluding hydrogens is 524 g/mol. The van der Waals surface area contributed by atoms with Crippen LogP contribution in [0.3, 0.4) is 0 Å². The van der Waals surface area contributed by atoms with Crippen molar-refractivity contribution in [2.45, 2.75) is 128 Å². The van der Waals surface area contributed by atoms with Gasteiger partial charge in [-0.05, 0) is 12.8 Å². The summed E-state index contributed by atoms with van der Waals surface area (Å²) in [7, 11) is -4.57. The molecule has 0 radical (unpaired) electrons. The number of ether oxygens (including phenoxy) is 4. The fourth-order valence-electron chi connectivity index (χ4n) is 3.97. The van der Waals surface area contributed by atoms with E-state index in [4.69, 9.17) is 23.5 Å². The highest BCUT2D eigenvalue weighted by molar-refractivity contribution is 7.85. The highest BCUT2D eigenvalue weighted by Crippen LogP contribution is 2.23. The molecule has 1 aliphatic rings. The molecule has 224 valence electrons. The summed E-state index contributed by atoms with van der Waals surface area (Å²) in [5.74, 6) is -2.01. The summed E-state index contributed by atoms with van der Waals surface area (Å²) < 4.78 is 52.9. The van der Waals surface area contributed by atoms with E-state index < -0.39 is 71.2 Å². The number of hydrogen-bond donors (Lipinski definition) is 4. The smallest absolute Gasteiger partial charge is 0.306 e. The minimum Gasteiger partial charge on any atom is -0.462 e. The van der Waals surface area contributed by atoms with Gasteiger partial charge in [0.05, 0.1) is 6.61 Å². The first-order valence-electron chi connectivity index (χ1n) is 13.6. The first kappa shape index (κ1) is 34.7. The maximum absolute atomic E-state index is 12.3. The summed E-state index contributed by atoms with van der Waals surface area (Å²) in [6.45, 7) is 3.45. The van der Waals surface area contributed by atoms with Gasteiger partial charge in [0.1, 0.15) is 36.8 Å². The lowest BCUT2D eigenvalue weighted by atomic mass is 10.00. The number of hydrogen-bond acceptors (Lipinski definition) is 11. The normalized spacial score (nSPS) is 24.6. The molecule has 0 amide bonds. The van der Waals surface area contributed by atoms with Crippen LogP contribution >= 0.6 is 0 Å². The fraction of sp³-hybridized carbons (Fsp3) is 0.920. The summed E-state index contributed by atoms with van der Waals surface area (Å²) >= 11 is 0. The Bertz CT molecular complexity index is 774. The Morgan fingerprint density at radius 1 is 0.789 bits per heavy atom. The van der Waals surface area contributed by atoms with E-state index in [2.05, 4.69) is 6.92 Å². The van der Waals surface area contributed by atoms with Crippen molar-refractivity contribution in [3.8, 4) is 0 Å². The third-order valence-electron chi connectivity index (χ3n) is 6.19. The van der Waals surface area contributed by atoms with Gasteiger partial charge in [-0.3, -0.25) is 14.1 Å². The average Bonchev–Trinajstić information content (AvgIpc) is 2.85. The molecule has 0 unspecified atom stereocenters. The summed E-state index contributed by atoms with van der Waals surface area (Å²) in [5, 5.41) is 30.3. The Balaban J connectivity index is 2.68. The molecule has 4 N–H and O–H groups in total. The van der Waals surface area contributed by atoms with E-state index in [0.29, 0.717) is 12.8 Å². The standard InChI is InChI=1S/C25H46O12S/c1-3-5-7-9-10-12-13-20(26)34-15-18(36-21(27)14-11-8-6-4-2)16-35-25-24(30)23(29)22(28)19(37-25)17-38(31,32)33/h18-19,22-25,28-30H,3-17H2,1-2H3,(H,31,32,33)/t18-,19-,22-,23+,24-,25-/m1/s1. The Kier molecular flexibility index (Phi) is 17.2. The van der Waals surface area contributed by atoms with Crippen molar-refractivity contribution < 1.29 is 56.8 Å². The van der Waals surface area contributed by atoms with Crippen LogP contribution in [0.1, 0.15) is 90.9 Å². The van der Waals surface area contributed by atoms with Crippen LogP contribution in [0.2, 0.25) is 0 Å². The topological polar surface area (TPSA) is 186 Å². The third kappa shape index (κ3) is 14.7. The van der Waals surface area contributed by atoms with E-state index >= 15 is 0 Å². The number of unbranched alkanes of at least 4 members (excludes halogenated alkanes) is 8. The van der Waals surface area contributed by atoms with Crippen LogP contribution in [0, 0.1) is 0 Å². The molecule has 0 aromatic carbocycles. The van der Waals surface area contributed by atoms with E-state index in [9.17, 15) is 33.3 Å². The highest BCUT2D eigenvalue weighted by atomic mass is 32.2. The predicted molar refractivity (Wildman–Crippen MR) is 137 cm³/mol. The molecule has 13 heteroatoms. The van der Waals surface area contributed by atoms with Gasteiger partial charge < -0.3 is 34.3 Å². The first-order valence-corrected chi connectivity index (χ1v) is 15.2. The highest BCUT2D eigenvalue weighted by Gasteiger charge is 2.46. The quantitative estimate of drug-likeness (QED) is 0.0947. The molecule has 0 spiro atoms. The van der Waals surface area contributed by atoms with Crippen molar-refractivity contribution in [2.24, 2.45) is 0 Å². The van der Waals surface area contributed by atoms with Crippen LogP contribution in [0.5, 0.6) is 0 Å². The van der Waals surface area contributed by atoms with Gasteiger partial charge in [-0.2, -0.15) is 8.42 Å². The van der Waals surface area contributed by atoms with Crippen molar-refractivity contribution in [2.75, 3.05) is 19.0 Å². The Labute approximate surface area is 225 Å². The van der Waals surface area contributed by atoms with Gasteiger partial charge in [0.25, 0.3) is 10.1 Å². The van der Waals surface area contributed by atoms with Gasteiger partial charge in [0.2, 0.25) is 0 Å². The molecule has 1 saturated heterocycles. The first-order chi connectivity index (χ1) is 18.0. The van der Waals surface area contributed by atoms with Crippen LogP contribution in [0.4, 0.5) is 0 Å². The van der Waals surface area contributed by atoms with Crippen molar-refractivity contribution >= 4 is 22.1 Å². The molecule has 0 aliphatic carbocycles. The zero-order chi connectivity index (χ0) is 28.6. The lowest BCUT2D eigenvalue weighted by molar-refractivity contribution is -0.297. The van der Waals surface area contributed by atoms with Crippen LogP contribution in [0.15, 0.2) is 0 Å². The van der Waals surface area contributed by atoms with E-state index in [0.717, 1.165) is 51.4 Å². The minimum absolute atomic E-state index is 0.159. The van der Waals surface area contributed by atoms with Gasteiger partial charge in [-0.1, -0.05) is 65.2 Å². The largest absolute Gasteiger partial charge is 0.462 e. The summed E-state index contributed by atoms with van der Waals surface area (Å²) in [4.78, 5) is 24.5. The molecule has 1 rings (SSSR count). The second-order valence-corrected chi connectivity index (χ2v) is 11.2. The zero-order valence-corrected chi connectivity index (χ0v) is 23.4. The molecule has 0 aromatic heterocycles. The minimum atomic E-state index is -4.57. The number of carbonyl (C=O) groups excluding carboxylic acids is 2. The van der Waals surface area contributed by atoms with Gasteiger partial charge in [-0.25, -0.2) is 0 Å². The maximum atomic E-state index is 12.3. The van der Waals surface area contributed by atoms with Crippen LogP contribution < -0.4 is 0 Å². The Hall–Kier alpha value is -1.35. The Morgan fingerprint density at radius 2 is 1.34 bits per heavy atom. The van der Waals surface area contributed by atoms with Gasteiger partial charge in [0, 0.05) is 12.8 Å². The van der Waals surface area contributed by atoms with E-state index in [-0.39, 0.29) is 19.4 Å². The van der Waals surface area contributed by atoms with E-state index in [1.54, 1.807) is 0 Å². The van der Waals surface area contributed by atoms with Crippen LogP contribution in [0.25, 0.3) is 0 Å². The fourth-order valence-corrected chi connectivity index (χ4v) is 4.66. The monoisotopic (exact) mass is 570 g/mol. The molecule has 12 nitrogen and oxygen atoms in total. The van der Waals surface area contributed by atoms with Gasteiger partial charge in [-0.15, -0.1) is 0 Å². The molecule has 6 atom stereocenters. The van der Waals surface area contributed by atoms with E-state index in [1.807, 2.05) is 6.92 Å². The SMILES string of the molecule is CCCCCCCCC(=O)OC[C@H](CO[C@@H]1O[C@H](CS(=O)(=O)O)[C@@H](O)[C@H](O)[C@H]1O)OC(=O)CCCCCC. The number of rotatable bonds is 20. The lowest BCUT2D eigenvalue weighted by Crippen LogP contribution is -2.60. The van der Waals surface area contributed by atoms with Crippen molar-refractivity contribution in [1.29, 1.82) is 0 Å². The number of aliphatic hydroxyl groups is 3. The van der Waals surface area contributed by atoms with Crippen LogP contribution in [-0.4, -0.2) is 96.0 Å². The zero-order valence-electron chi connectivity index (χ0n) is 22.5. The lowest BCUT2D eigenvalue weighted by Gasteiger charge is -2.40. The molecule has 0 saturated carbocycles. The second-order valence-electron chi connectivity index (χ2n) is 9.72. The van der Waals surface area contributed by atoms with Crippen molar-refractivity contribution in [3.63, 3.8) is 0 Å². The number of esters is 2. The molecule has 0 bridgehead atoms. The Morgan fingerprint density at radius 3 is 1.95 bits per heavy atom. The second kappa shape index (κ2) is 18.9. The van der Waals surface area contributed by atoms with Crippen molar-refractivity contribution in [1.82, 2.24) is 0 Å². The molecular formula is C25H46O12S. The summed E-state index contributed by atoms with van der Waals surface area (Å²) in [6, 6.07) is 0.